The van der Waals surface area contributed by atoms with Gasteiger partial charge in [0.1, 0.15) is 0 Å². The van der Waals surface area contributed by atoms with Gasteiger partial charge in [0.15, 0.2) is 0 Å². The van der Waals surface area contributed by atoms with E-state index in [1.54, 1.807) is 0 Å². The van der Waals surface area contributed by atoms with Gasteiger partial charge >= 0.3 is 0 Å². The number of aliphatic hydroxyl groups is 1. The lowest BCUT2D eigenvalue weighted by Gasteiger charge is -2.30. The summed E-state index contributed by atoms with van der Waals surface area (Å²) in [5.41, 5.74) is 0. The summed E-state index contributed by atoms with van der Waals surface area (Å²) in [6.45, 7) is 1.06. The Hall–Kier alpha value is -0.570. The maximum atomic E-state index is 11.9. The van der Waals surface area contributed by atoms with E-state index in [9.17, 15) is 9.90 Å². The van der Waals surface area contributed by atoms with Crippen molar-refractivity contribution in [2.45, 2.75) is 57.8 Å². The highest BCUT2D eigenvalue weighted by atomic mass is 16.3. The maximum Gasteiger partial charge on any atom is 0.220 e. The largest absolute Gasteiger partial charge is 0.396 e. The molecule has 2 rings (SSSR count). The van der Waals surface area contributed by atoms with E-state index in [0.717, 1.165) is 25.8 Å². The summed E-state index contributed by atoms with van der Waals surface area (Å²) in [4.78, 5) is 11.9. The summed E-state index contributed by atoms with van der Waals surface area (Å²) in [5.74, 6) is 1.76. The molecule has 104 valence electrons. The normalized spacial score (nSPS) is 29.4. The highest BCUT2D eigenvalue weighted by Crippen LogP contribution is 2.30. The molecule has 1 amide bonds. The van der Waals surface area contributed by atoms with Gasteiger partial charge in [0.25, 0.3) is 0 Å². The van der Waals surface area contributed by atoms with Crippen LogP contribution >= 0.6 is 0 Å². The van der Waals surface area contributed by atoms with E-state index in [0.29, 0.717) is 17.8 Å². The number of amides is 1. The zero-order valence-electron chi connectivity index (χ0n) is 11.4. The molecule has 0 aromatic rings. The second-order valence-corrected chi connectivity index (χ2v) is 6.15. The molecule has 0 bridgehead atoms. The zero-order chi connectivity index (χ0) is 12.8. The van der Waals surface area contributed by atoms with Crippen molar-refractivity contribution in [1.82, 2.24) is 5.32 Å². The van der Waals surface area contributed by atoms with E-state index in [1.807, 2.05) is 0 Å². The van der Waals surface area contributed by atoms with Crippen LogP contribution in [0.4, 0.5) is 0 Å². The minimum atomic E-state index is 0.226. The Bertz CT molecular complexity index is 261. The number of carbonyl (C=O) groups is 1. The fourth-order valence-corrected chi connectivity index (χ4v) is 3.59. The van der Waals surface area contributed by atoms with Gasteiger partial charge in [0, 0.05) is 19.6 Å². The Morgan fingerprint density at radius 2 is 1.61 bits per heavy atom. The van der Waals surface area contributed by atoms with Gasteiger partial charge in [0.2, 0.25) is 5.91 Å². The van der Waals surface area contributed by atoms with Crippen LogP contribution in [0.5, 0.6) is 0 Å². The van der Waals surface area contributed by atoms with E-state index in [4.69, 9.17) is 0 Å². The molecule has 0 spiro atoms. The summed E-state index contributed by atoms with van der Waals surface area (Å²) in [7, 11) is 0. The van der Waals surface area contributed by atoms with Crippen LogP contribution in [0.2, 0.25) is 0 Å². The van der Waals surface area contributed by atoms with Gasteiger partial charge in [0.05, 0.1) is 0 Å². The van der Waals surface area contributed by atoms with E-state index in [-0.39, 0.29) is 12.5 Å². The zero-order valence-corrected chi connectivity index (χ0v) is 11.4. The summed E-state index contributed by atoms with van der Waals surface area (Å²) in [6.07, 6.45) is 10.6. The molecule has 0 saturated heterocycles. The van der Waals surface area contributed by atoms with Crippen LogP contribution in [0.3, 0.4) is 0 Å². The van der Waals surface area contributed by atoms with Gasteiger partial charge in [-0.05, 0) is 43.4 Å². The molecule has 2 fully saturated rings. The fourth-order valence-electron chi connectivity index (χ4n) is 3.59. The van der Waals surface area contributed by atoms with Gasteiger partial charge in [-0.3, -0.25) is 4.79 Å². The van der Waals surface area contributed by atoms with Crippen LogP contribution in [-0.4, -0.2) is 24.2 Å². The minimum absolute atomic E-state index is 0.226. The number of carbonyl (C=O) groups excluding carboxylic acids is 1. The van der Waals surface area contributed by atoms with Gasteiger partial charge in [-0.2, -0.15) is 0 Å². The van der Waals surface area contributed by atoms with Crippen LogP contribution in [0, 0.1) is 17.8 Å². The molecule has 18 heavy (non-hydrogen) atoms. The molecule has 3 heteroatoms. The Labute approximate surface area is 110 Å². The van der Waals surface area contributed by atoms with E-state index < -0.39 is 0 Å². The second-order valence-electron chi connectivity index (χ2n) is 6.15. The lowest BCUT2D eigenvalue weighted by Crippen LogP contribution is -2.36. The van der Waals surface area contributed by atoms with Crippen LogP contribution in [0.15, 0.2) is 0 Å². The Kier molecular flexibility index (Phi) is 5.48. The molecule has 0 radical (unpaired) electrons. The third-order valence-electron chi connectivity index (χ3n) is 4.81. The molecule has 0 aliphatic heterocycles. The minimum Gasteiger partial charge on any atom is -0.396 e. The quantitative estimate of drug-likeness (QED) is 0.791. The van der Waals surface area contributed by atoms with E-state index in [2.05, 4.69) is 5.32 Å². The molecule has 2 atom stereocenters. The summed E-state index contributed by atoms with van der Waals surface area (Å²) in [5, 5.41) is 12.4. The molecule has 2 saturated carbocycles. The molecular weight excluding hydrogens is 226 g/mol. The van der Waals surface area contributed by atoms with Crippen molar-refractivity contribution >= 4 is 5.91 Å². The van der Waals surface area contributed by atoms with Crippen LogP contribution in [0.1, 0.15) is 57.8 Å². The van der Waals surface area contributed by atoms with E-state index in [1.165, 1.54) is 38.5 Å². The molecule has 2 aliphatic rings. The summed E-state index contributed by atoms with van der Waals surface area (Å²) >= 11 is 0. The van der Waals surface area contributed by atoms with Gasteiger partial charge in [-0.1, -0.05) is 25.7 Å². The molecule has 2 N–H and O–H groups in total. The fraction of sp³-hybridized carbons (Fsp3) is 0.933. The standard InChI is InChI=1S/C15H27NO2/c17-11-14-8-4-3-7-13(14)10-16-15(18)9-12-5-1-2-6-12/h12-14,17H,1-11H2,(H,16,18). The van der Waals surface area contributed by atoms with Crippen molar-refractivity contribution in [1.29, 1.82) is 0 Å². The highest BCUT2D eigenvalue weighted by molar-refractivity contribution is 5.76. The molecule has 0 aromatic heterocycles. The van der Waals surface area contributed by atoms with Gasteiger partial charge in [-0.15, -0.1) is 0 Å². The topological polar surface area (TPSA) is 49.3 Å². The van der Waals surface area contributed by atoms with Crippen molar-refractivity contribution in [3.05, 3.63) is 0 Å². The lowest BCUT2D eigenvalue weighted by atomic mass is 9.79. The summed E-state index contributed by atoms with van der Waals surface area (Å²) in [6, 6.07) is 0. The molecule has 0 aromatic carbocycles. The lowest BCUT2D eigenvalue weighted by molar-refractivity contribution is -0.122. The first-order valence-electron chi connectivity index (χ1n) is 7.67. The second kappa shape index (κ2) is 7.13. The van der Waals surface area contributed by atoms with Crippen LogP contribution in [-0.2, 0) is 4.79 Å². The number of hydrogen-bond donors (Lipinski definition) is 2. The van der Waals surface area contributed by atoms with E-state index >= 15 is 0 Å². The predicted octanol–water partition coefficient (Wildman–Crippen LogP) is 2.48. The number of hydrogen-bond acceptors (Lipinski definition) is 2. The first-order chi connectivity index (χ1) is 8.79. The van der Waals surface area contributed by atoms with Crippen molar-refractivity contribution in [2.24, 2.45) is 17.8 Å². The van der Waals surface area contributed by atoms with Gasteiger partial charge in [-0.25, -0.2) is 0 Å². The first-order valence-corrected chi connectivity index (χ1v) is 7.67. The Morgan fingerprint density at radius 3 is 2.28 bits per heavy atom. The predicted molar refractivity (Wildman–Crippen MR) is 72.1 cm³/mol. The van der Waals surface area contributed by atoms with Crippen molar-refractivity contribution < 1.29 is 9.90 Å². The van der Waals surface area contributed by atoms with Gasteiger partial charge < -0.3 is 10.4 Å². The smallest absolute Gasteiger partial charge is 0.220 e. The average molecular weight is 253 g/mol. The Morgan fingerprint density at radius 1 is 1.00 bits per heavy atom. The van der Waals surface area contributed by atoms with Crippen molar-refractivity contribution in [2.75, 3.05) is 13.2 Å². The summed E-state index contributed by atoms with van der Waals surface area (Å²) < 4.78 is 0. The Balaban J connectivity index is 1.67. The maximum absolute atomic E-state index is 11.9. The number of nitrogens with one attached hydrogen (secondary N) is 1. The van der Waals surface area contributed by atoms with Crippen LogP contribution < -0.4 is 5.32 Å². The third kappa shape index (κ3) is 3.98. The number of aliphatic hydroxyl groups excluding tert-OH is 1. The monoisotopic (exact) mass is 253 g/mol. The van der Waals surface area contributed by atoms with Crippen LogP contribution in [0.25, 0.3) is 0 Å². The molecule has 2 unspecified atom stereocenters. The molecule has 0 heterocycles. The van der Waals surface area contributed by atoms with Crippen molar-refractivity contribution in [3.63, 3.8) is 0 Å². The highest BCUT2D eigenvalue weighted by Gasteiger charge is 2.25. The first kappa shape index (κ1) is 13.9. The molecule has 3 nitrogen and oxygen atoms in total. The SMILES string of the molecule is O=C(CC1CCCC1)NCC1CCCCC1CO. The molecule has 2 aliphatic carbocycles. The average Bonchev–Trinajstić information content (AvgIpc) is 2.89. The van der Waals surface area contributed by atoms with Crippen molar-refractivity contribution in [3.8, 4) is 0 Å². The number of rotatable bonds is 5. The molecular formula is C15H27NO2. The third-order valence-corrected chi connectivity index (χ3v) is 4.81.